The topological polar surface area (TPSA) is 30.2 Å². The van der Waals surface area contributed by atoms with E-state index in [1.165, 1.54) is 44.9 Å². The second-order valence-electron chi connectivity index (χ2n) is 11.8. The number of carbonyl (C=O) groups excluding carboxylic acids is 1. The first-order valence-corrected chi connectivity index (χ1v) is 13.4. The van der Waals surface area contributed by atoms with Crippen LogP contribution in [0.2, 0.25) is 5.02 Å². The summed E-state index contributed by atoms with van der Waals surface area (Å²) in [7, 11) is 0. The van der Waals surface area contributed by atoms with Crippen molar-refractivity contribution >= 4 is 23.5 Å². The largest absolute Gasteiger partial charge is 0.457 e. The van der Waals surface area contributed by atoms with Crippen molar-refractivity contribution in [1.82, 2.24) is 0 Å². The first-order valence-electron chi connectivity index (χ1n) is 13.0. The molecule has 4 fully saturated rings. The third kappa shape index (κ3) is 3.39. The van der Waals surface area contributed by atoms with Gasteiger partial charge in [-0.05, 0) is 110 Å². The van der Waals surface area contributed by atoms with E-state index in [-0.39, 0.29) is 5.41 Å². The van der Waals surface area contributed by atoms with Crippen molar-refractivity contribution in [2.45, 2.75) is 71.6 Å². The summed E-state index contributed by atoms with van der Waals surface area (Å²) in [6.07, 6.45) is 13.6. The predicted octanol–water partition coefficient (Wildman–Crippen LogP) is 8.60. The summed E-state index contributed by atoms with van der Waals surface area (Å²) in [5.41, 5.74) is 2.26. The molecule has 6 rings (SSSR count). The third-order valence-corrected chi connectivity index (χ3v) is 10.5. The fraction of sp³-hybridized carbons (Fsp3) is 0.567. The molecule has 1 heterocycles. The van der Waals surface area contributed by atoms with Gasteiger partial charge in [-0.3, -0.25) is 4.79 Å². The van der Waals surface area contributed by atoms with Crippen LogP contribution in [-0.4, -0.2) is 5.78 Å². The van der Waals surface area contributed by atoms with Crippen LogP contribution < -0.4 is 0 Å². The van der Waals surface area contributed by atoms with Gasteiger partial charge >= 0.3 is 0 Å². The standard InChI is InChI=1S/C30H35ClO2/c1-29-14-4-3-7-21(29)9-11-24-25(29)13-15-30(2)26(24)18-20(28(30)32)17-23-10-12-27(33-23)19-6-5-8-22(31)16-19/h5-6,8,10,12,16-17,21,24-26H,3-4,7,9,11,13-15,18H2,1-2H3/b20-17-/t21-,24-,25+,26+,29-,30-/m0/s1. The predicted molar refractivity (Wildman–Crippen MR) is 134 cm³/mol. The lowest BCUT2D eigenvalue weighted by Crippen LogP contribution is -2.52. The van der Waals surface area contributed by atoms with Gasteiger partial charge in [0.05, 0.1) is 0 Å². The van der Waals surface area contributed by atoms with Gasteiger partial charge in [-0.2, -0.15) is 0 Å². The number of furan rings is 1. The molecular weight excluding hydrogens is 428 g/mol. The average Bonchev–Trinajstić information content (AvgIpc) is 3.37. The first kappa shape index (κ1) is 21.7. The highest BCUT2D eigenvalue weighted by Crippen LogP contribution is 2.66. The van der Waals surface area contributed by atoms with Crippen molar-refractivity contribution in [3.8, 4) is 11.3 Å². The summed E-state index contributed by atoms with van der Waals surface area (Å²) >= 11 is 6.15. The van der Waals surface area contributed by atoms with Gasteiger partial charge in [0.15, 0.2) is 5.78 Å². The summed E-state index contributed by atoms with van der Waals surface area (Å²) in [5.74, 6) is 4.87. The molecule has 2 nitrogen and oxygen atoms in total. The van der Waals surface area contributed by atoms with Crippen molar-refractivity contribution < 1.29 is 9.21 Å². The molecule has 3 heteroatoms. The van der Waals surface area contributed by atoms with Crippen molar-refractivity contribution in [2.75, 3.05) is 0 Å². The molecule has 0 unspecified atom stereocenters. The van der Waals surface area contributed by atoms with E-state index < -0.39 is 0 Å². The molecule has 0 bridgehead atoms. The molecule has 0 N–H and O–H groups in total. The summed E-state index contributed by atoms with van der Waals surface area (Å²) in [4.78, 5) is 13.7. The normalized spacial score (nSPS) is 39.2. The Morgan fingerprint density at radius 3 is 2.73 bits per heavy atom. The van der Waals surface area contributed by atoms with Crippen LogP contribution in [0, 0.1) is 34.5 Å². The monoisotopic (exact) mass is 462 g/mol. The SMILES string of the molecule is C[C@]12CCCC[C@H]1CC[C@H]1[C@H]2CC[C@]2(C)C(=O)/C(=C\c3ccc(-c4cccc(Cl)c4)o3)C[C@H]12. The zero-order valence-electron chi connectivity index (χ0n) is 19.9. The van der Waals surface area contributed by atoms with E-state index in [1.807, 2.05) is 42.5 Å². The van der Waals surface area contributed by atoms with Gasteiger partial charge in [-0.1, -0.05) is 50.4 Å². The molecule has 0 radical (unpaired) electrons. The molecule has 4 aliphatic carbocycles. The van der Waals surface area contributed by atoms with Crippen molar-refractivity contribution in [3.63, 3.8) is 0 Å². The molecule has 174 valence electrons. The van der Waals surface area contributed by atoms with Gasteiger partial charge in [0.25, 0.3) is 0 Å². The van der Waals surface area contributed by atoms with Crippen LogP contribution in [0.5, 0.6) is 0 Å². The number of carbonyl (C=O) groups is 1. The zero-order chi connectivity index (χ0) is 22.8. The fourth-order valence-electron chi connectivity index (χ4n) is 8.49. The molecule has 0 amide bonds. The summed E-state index contributed by atoms with van der Waals surface area (Å²) in [6.45, 7) is 4.87. The van der Waals surface area contributed by atoms with Crippen molar-refractivity contribution in [3.05, 3.63) is 52.8 Å². The number of hydrogen-bond acceptors (Lipinski definition) is 2. The van der Waals surface area contributed by atoms with Crippen LogP contribution in [0.3, 0.4) is 0 Å². The minimum atomic E-state index is -0.187. The third-order valence-electron chi connectivity index (χ3n) is 10.3. The van der Waals surface area contributed by atoms with E-state index in [9.17, 15) is 4.79 Å². The summed E-state index contributed by atoms with van der Waals surface area (Å²) in [5, 5.41) is 0.697. The van der Waals surface area contributed by atoms with Crippen LogP contribution in [0.25, 0.3) is 17.4 Å². The number of rotatable bonds is 2. The average molecular weight is 463 g/mol. The van der Waals surface area contributed by atoms with Crippen molar-refractivity contribution in [2.24, 2.45) is 34.5 Å². The van der Waals surface area contributed by atoms with Gasteiger partial charge in [0.1, 0.15) is 11.5 Å². The van der Waals surface area contributed by atoms with Gasteiger partial charge in [-0.15, -0.1) is 0 Å². The van der Waals surface area contributed by atoms with Gasteiger partial charge in [0, 0.05) is 16.0 Å². The molecular formula is C30H35ClO2. The van der Waals surface area contributed by atoms with Crippen LogP contribution in [-0.2, 0) is 4.79 Å². The minimum Gasteiger partial charge on any atom is -0.457 e. The number of halogens is 1. The van der Waals surface area contributed by atoms with E-state index in [4.69, 9.17) is 16.0 Å². The maximum Gasteiger partial charge on any atom is 0.165 e. The maximum absolute atomic E-state index is 13.7. The summed E-state index contributed by atoms with van der Waals surface area (Å²) in [6, 6.07) is 11.7. The highest BCUT2D eigenvalue weighted by Gasteiger charge is 2.60. The number of allylic oxidation sites excluding steroid dienone is 1. The van der Waals surface area contributed by atoms with E-state index >= 15 is 0 Å². The smallest absolute Gasteiger partial charge is 0.165 e. The van der Waals surface area contributed by atoms with Gasteiger partial charge < -0.3 is 4.42 Å². The van der Waals surface area contributed by atoms with Crippen LogP contribution in [0.1, 0.15) is 77.4 Å². The second kappa shape index (κ2) is 7.87. The van der Waals surface area contributed by atoms with E-state index in [1.54, 1.807) is 0 Å². The quantitative estimate of drug-likeness (QED) is 0.418. The molecule has 0 saturated heterocycles. The second-order valence-corrected chi connectivity index (χ2v) is 12.2. The Morgan fingerprint density at radius 1 is 1.00 bits per heavy atom. The zero-order valence-corrected chi connectivity index (χ0v) is 20.7. The first-order chi connectivity index (χ1) is 15.9. The lowest BCUT2D eigenvalue weighted by atomic mass is 9.45. The molecule has 1 aromatic carbocycles. The van der Waals surface area contributed by atoms with Crippen LogP contribution in [0.4, 0.5) is 0 Å². The highest BCUT2D eigenvalue weighted by molar-refractivity contribution is 6.30. The Morgan fingerprint density at radius 2 is 1.88 bits per heavy atom. The van der Waals surface area contributed by atoms with E-state index in [0.717, 1.165) is 47.3 Å². The highest BCUT2D eigenvalue weighted by atomic mass is 35.5. The lowest BCUT2D eigenvalue weighted by Gasteiger charge is -2.59. The van der Waals surface area contributed by atoms with Crippen LogP contribution in [0.15, 0.2) is 46.4 Å². The molecule has 4 saturated carbocycles. The van der Waals surface area contributed by atoms with Crippen LogP contribution >= 0.6 is 11.6 Å². The molecule has 1 aromatic heterocycles. The molecule has 0 spiro atoms. The number of Topliss-reactive ketones (excluding diaryl/α,β-unsaturated/α-hetero) is 1. The van der Waals surface area contributed by atoms with Gasteiger partial charge in [0.2, 0.25) is 0 Å². The number of ketones is 1. The fourth-order valence-corrected chi connectivity index (χ4v) is 8.68. The number of fused-ring (bicyclic) bond motifs is 5. The Kier molecular flexibility index (Phi) is 5.18. The minimum absolute atomic E-state index is 0.187. The molecule has 6 atom stereocenters. The van der Waals surface area contributed by atoms with E-state index in [0.29, 0.717) is 28.1 Å². The molecule has 4 aliphatic rings. The Bertz CT molecular complexity index is 1110. The molecule has 0 aliphatic heterocycles. The van der Waals surface area contributed by atoms with Gasteiger partial charge in [-0.25, -0.2) is 0 Å². The molecule has 2 aromatic rings. The van der Waals surface area contributed by atoms with E-state index in [2.05, 4.69) is 13.8 Å². The molecule has 33 heavy (non-hydrogen) atoms. The Labute approximate surface area is 202 Å². The Balaban J connectivity index is 1.28. The number of hydrogen-bond donors (Lipinski definition) is 0. The summed E-state index contributed by atoms with van der Waals surface area (Å²) < 4.78 is 6.13. The number of benzene rings is 1. The maximum atomic E-state index is 13.7. The van der Waals surface area contributed by atoms with Crippen molar-refractivity contribution in [1.29, 1.82) is 0 Å². The lowest BCUT2D eigenvalue weighted by molar-refractivity contribution is -0.137. The Hall–Kier alpha value is -1.80.